The number of carbonyl (C=O) groups is 1. The van der Waals surface area contributed by atoms with Crippen LogP contribution < -0.4 is 0 Å². The van der Waals surface area contributed by atoms with Crippen LogP contribution in [-0.4, -0.2) is 59.4 Å². The minimum absolute atomic E-state index is 0.0495. The molecule has 5 nitrogen and oxygen atoms in total. The second-order valence-corrected chi connectivity index (χ2v) is 6.60. The monoisotopic (exact) mass is 359 g/mol. The summed E-state index contributed by atoms with van der Waals surface area (Å²) < 4.78 is 0. The van der Waals surface area contributed by atoms with Gasteiger partial charge in [-0.05, 0) is 51.8 Å². The maximum absolute atomic E-state index is 11.3. The van der Waals surface area contributed by atoms with Gasteiger partial charge in [-0.15, -0.1) is 0 Å². The number of hydrazone groups is 1. The average Bonchev–Trinajstić information content (AvgIpc) is 2.62. The van der Waals surface area contributed by atoms with Gasteiger partial charge < -0.3 is 10.0 Å². The van der Waals surface area contributed by atoms with Crippen molar-refractivity contribution >= 4 is 12.1 Å². The average molecular weight is 360 g/mol. The molecule has 0 aliphatic carbocycles. The molecule has 2 rings (SSSR count). The summed E-state index contributed by atoms with van der Waals surface area (Å²) in [4.78, 5) is 13.6. The fourth-order valence-corrected chi connectivity index (χ4v) is 2.79. The lowest BCUT2D eigenvalue weighted by Gasteiger charge is -2.30. The maximum atomic E-state index is 11.3. The molecule has 1 aliphatic heterocycles. The first kappa shape index (κ1) is 22.1. The zero-order valence-corrected chi connectivity index (χ0v) is 16.2. The van der Waals surface area contributed by atoms with Crippen LogP contribution in [0.5, 0.6) is 0 Å². The molecule has 1 fully saturated rings. The van der Waals surface area contributed by atoms with E-state index in [1.165, 1.54) is 23.7 Å². The number of likely N-dealkylation sites (tertiary alicyclic amines) is 1. The third kappa shape index (κ3) is 10.1. The van der Waals surface area contributed by atoms with Crippen molar-refractivity contribution in [2.45, 2.75) is 45.6 Å². The molecule has 1 saturated heterocycles. The predicted molar refractivity (Wildman–Crippen MR) is 108 cm³/mol. The standard InChI is InChI=1S/C14H25N3O2.C7H8/c1-3-8-15-17(13(2)18)11-5-4-9-16-10-6-7-14(19)12-16;1-7-5-3-2-4-6-7/h3,8,14,19H,1,4-7,9-12H2,2H3;2-6H,1H3/b15-8-;. The maximum Gasteiger partial charge on any atom is 0.239 e. The molecule has 1 heterocycles. The van der Waals surface area contributed by atoms with Crippen LogP contribution in [0.2, 0.25) is 0 Å². The van der Waals surface area contributed by atoms with Gasteiger partial charge in [0.05, 0.1) is 6.10 Å². The van der Waals surface area contributed by atoms with E-state index in [1.807, 2.05) is 18.2 Å². The van der Waals surface area contributed by atoms with E-state index in [0.717, 1.165) is 45.3 Å². The Balaban J connectivity index is 0.000000401. The van der Waals surface area contributed by atoms with Gasteiger partial charge in [0, 0.05) is 26.2 Å². The van der Waals surface area contributed by atoms with Crippen molar-refractivity contribution in [3.63, 3.8) is 0 Å². The SMILES string of the molecule is C=C/C=N\N(CCCCN1CCCC(O)C1)C(C)=O.Cc1ccccc1. The van der Waals surface area contributed by atoms with Crippen LogP contribution in [0.1, 0.15) is 38.2 Å². The van der Waals surface area contributed by atoms with Crippen molar-refractivity contribution in [1.29, 1.82) is 0 Å². The summed E-state index contributed by atoms with van der Waals surface area (Å²) in [6, 6.07) is 10.3. The Morgan fingerprint density at radius 1 is 1.38 bits per heavy atom. The topological polar surface area (TPSA) is 56.1 Å². The van der Waals surface area contributed by atoms with Gasteiger partial charge in [-0.2, -0.15) is 5.10 Å². The quantitative estimate of drug-likeness (QED) is 0.462. The summed E-state index contributed by atoms with van der Waals surface area (Å²) in [7, 11) is 0. The zero-order valence-electron chi connectivity index (χ0n) is 16.2. The summed E-state index contributed by atoms with van der Waals surface area (Å²) >= 11 is 0. The van der Waals surface area contributed by atoms with Crippen LogP contribution in [0.15, 0.2) is 48.1 Å². The molecule has 0 radical (unpaired) electrons. The molecule has 1 aromatic carbocycles. The fraction of sp³-hybridized carbons (Fsp3) is 0.524. The van der Waals surface area contributed by atoms with Crippen molar-refractivity contribution in [3.05, 3.63) is 48.6 Å². The summed E-state index contributed by atoms with van der Waals surface area (Å²) in [6.07, 6.45) is 6.85. The van der Waals surface area contributed by atoms with E-state index in [2.05, 4.69) is 35.6 Å². The minimum atomic E-state index is -0.167. The zero-order chi connectivity index (χ0) is 19.2. The number of aryl methyl sites for hydroxylation is 1. The van der Waals surface area contributed by atoms with E-state index in [1.54, 1.807) is 6.08 Å². The van der Waals surface area contributed by atoms with Gasteiger partial charge in [-0.1, -0.05) is 42.5 Å². The highest BCUT2D eigenvalue weighted by Crippen LogP contribution is 2.10. The first-order chi connectivity index (χ1) is 12.5. The number of hydrogen-bond acceptors (Lipinski definition) is 4. The number of aliphatic hydroxyl groups is 1. The number of piperidine rings is 1. The summed E-state index contributed by atoms with van der Waals surface area (Å²) in [5.41, 5.74) is 1.32. The summed E-state index contributed by atoms with van der Waals surface area (Å²) in [5, 5.41) is 15.1. The summed E-state index contributed by atoms with van der Waals surface area (Å²) in [5.74, 6) is -0.0495. The van der Waals surface area contributed by atoms with Gasteiger partial charge in [0.1, 0.15) is 0 Å². The number of rotatable bonds is 7. The van der Waals surface area contributed by atoms with Crippen molar-refractivity contribution in [3.8, 4) is 0 Å². The number of benzene rings is 1. The lowest BCUT2D eigenvalue weighted by atomic mass is 10.1. The first-order valence-corrected chi connectivity index (χ1v) is 9.38. The Hall–Kier alpha value is -1.98. The predicted octanol–water partition coefficient (Wildman–Crippen LogP) is 3.24. The Morgan fingerprint density at radius 3 is 2.65 bits per heavy atom. The van der Waals surface area contributed by atoms with E-state index in [0.29, 0.717) is 6.54 Å². The number of aliphatic hydroxyl groups excluding tert-OH is 1. The lowest BCUT2D eigenvalue weighted by molar-refractivity contribution is -0.128. The Kier molecular flexibility index (Phi) is 11.2. The smallest absolute Gasteiger partial charge is 0.239 e. The van der Waals surface area contributed by atoms with Crippen molar-refractivity contribution in [2.75, 3.05) is 26.2 Å². The molecule has 26 heavy (non-hydrogen) atoms. The number of amides is 1. The molecule has 1 atom stereocenters. The lowest BCUT2D eigenvalue weighted by Crippen LogP contribution is -2.38. The van der Waals surface area contributed by atoms with Crippen molar-refractivity contribution in [1.82, 2.24) is 9.91 Å². The molecule has 1 N–H and O–H groups in total. The molecule has 1 unspecified atom stereocenters. The van der Waals surface area contributed by atoms with E-state index in [4.69, 9.17) is 0 Å². The third-order valence-corrected chi connectivity index (χ3v) is 4.19. The van der Waals surface area contributed by atoms with Gasteiger partial charge in [0.15, 0.2) is 0 Å². The molecule has 0 bridgehead atoms. The molecule has 0 saturated carbocycles. The van der Waals surface area contributed by atoms with Crippen LogP contribution >= 0.6 is 0 Å². The van der Waals surface area contributed by atoms with E-state index in [-0.39, 0.29) is 12.0 Å². The molecule has 0 aromatic heterocycles. The molecular formula is C21H33N3O2. The van der Waals surface area contributed by atoms with Gasteiger partial charge in [-0.3, -0.25) is 4.79 Å². The normalized spacial score (nSPS) is 17.4. The number of β-amino-alcohol motifs (C(OH)–C–C–N with tert-alkyl or cyclic N) is 1. The third-order valence-electron chi connectivity index (χ3n) is 4.19. The number of nitrogens with zero attached hydrogens (tertiary/aromatic N) is 3. The van der Waals surface area contributed by atoms with Crippen LogP contribution in [0.3, 0.4) is 0 Å². The van der Waals surface area contributed by atoms with Crippen LogP contribution in [0.25, 0.3) is 0 Å². The van der Waals surface area contributed by atoms with E-state index < -0.39 is 0 Å². The Morgan fingerprint density at radius 2 is 2.12 bits per heavy atom. The van der Waals surface area contributed by atoms with E-state index in [9.17, 15) is 9.90 Å². The molecule has 1 aliphatic rings. The number of unbranched alkanes of at least 4 members (excludes halogenated alkanes) is 1. The Bertz CT molecular complexity index is 545. The molecule has 5 heteroatoms. The molecule has 0 spiro atoms. The number of carbonyl (C=O) groups excluding carboxylic acids is 1. The minimum Gasteiger partial charge on any atom is -0.392 e. The highest BCUT2D eigenvalue weighted by molar-refractivity contribution is 5.76. The largest absolute Gasteiger partial charge is 0.392 e. The number of allylic oxidation sites excluding steroid dienone is 1. The van der Waals surface area contributed by atoms with Crippen LogP contribution in [0.4, 0.5) is 0 Å². The van der Waals surface area contributed by atoms with Crippen molar-refractivity contribution in [2.24, 2.45) is 5.10 Å². The second kappa shape index (κ2) is 13.3. The van der Waals surface area contributed by atoms with Gasteiger partial charge in [0.25, 0.3) is 0 Å². The highest BCUT2D eigenvalue weighted by atomic mass is 16.3. The van der Waals surface area contributed by atoms with E-state index >= 15 is 0 Å². The van der Waals surface area contributed by atoms with Crippen LogP contribution in [-0.2, 0) is 4.79 Å². The fourth-order valence-electron chi connectivity index (χ4n) is 2.79. The molecule has 1 amide bonds. The molecule has 144 valence electrons. The Labute approximate surface area is 158 Å². The molecule has 1 aromatic rings. The highest BCUT2D eigenvalue weighted by Gasteiger charge is 2.16. The van der Waals surface area contributed by atoms with Gasteiger partial charge in [-0.25, -0.2) is 5.01 Å². The summed E-state index contributed by atoms with van der Waals surface area (Å²) in [6.45, 7) is 10.6. The molecular weight excluding hydrogens is 326 g/mol. The van der Waals surface area contributed by atoms with Gasteiger partial charge in [0.2, 0.25) is 5.91 Å². The van der Waals surface area contributed by atoms with Crippen LogP contribution in [0, 0.1) is 6.92 Å². The van der Waals surface area contributed by atoms with Gasteiger partial charge >= 0.3 is 0 Å². The first-order valence-electron chi connectivity index (χ1n) is 9.38. The number of hydrogen-bond donors (Lipinski definition) is 1. The van der Waals surface area contributed by atoms with Crippen molar-refractivity contribution < 1.29 is 9.90 Å². The second-order valence-electron chi connectivity index (χ2n) is 6.60.